The molecule has 6 nitrogen and oxygen atoms in total. The number of benzene rings is 1. The summed E-state index contributed by atoms with van der Waals surface area (Å²) in [5, 5.41) is 18.1. The monoisotopic (exact) mass is 290 g/mol. The summed E-state index contributed by atoms with van der Waals surface area (Å²) in [5.41, 5.74) is 6.74. The van der Waals surface area contributed by atoms with E-state index in [1.165, 1.54) is 0 Å². The lowest BCUT2D eigenvalue weighted by Gasteiger charge is -2.17. The maximum absolute atomic E-state index is 11.5. The van der Waals surface area contributed by atoms with Crippen LogP contribution in [0.4, 0.5) is 0 Å². The summed E-state index contributed by atoms with van der Waals surface area (Å²) in [6.07, 6.45) is 2.03. The van der Waals surface area contributed by atoms with Gasteiger partial charge in [-0.05, 0) is 18.4 Å². The topological polar surface area (TPSA) is 99.7 Å². The van der Waals surface area contributed by atoms with Crippen LogP contribution in [0.15, 0.2) is 35.5 Å². The van der Waals surface area contributed by atoms with E-state index in [4.69, 9.17) is 10.9 Å². The second-order valence-electron chi connectivity index (χ2n) is 5.26. The molecule has 1 aromatic carbocycles. The first-order valence-electron chi connectivity index (χ1n) is 7.23. The molecule has 0 aliphatic heterocycles. The number of rotatable bonds is 8. The van der Waals surface area contributed by atoms with Crippen molar-refractivity contribution in [2.45, 2.75) is 18.8 Å². The second kappa shape index (κ2) is 7.64. The Labute approximate surface area is 124 Å². The highest BCUT2D eigenvalue weighted by Crippen LogP contribution is 2.28. The first kappa shape index (κ1) is 15.3. The number of amidine groups is 1. The maximum atomic E-state index is 11.5. The molecule has 1 amide bonds. The Morgan fingerprint density at radius 2 is 2.05 bits per heavy atom. The van der Waals surface area contributed by atoms with Crippen LogP contribution in [0.1, 0.15) is 24.3 Å². The summed E-state index contributed by atoms with van der Waals surface area (Å²) >= 11 is 0. The summed E-state index contributed by atoms with van der Waals surface area (Å²) in [7, 11) is 0. The lowest BCUT2D eigenvalue weighted by Crippen LogP contribution is -2.37. The van der Waals surface area contributed by atoms with Gasteiger partial charge in [-0.1, -0.05) is 35.5 Å². The fourth-order valence-corrected chi connectivity index (χ4v) is 2.16. The van der Waals surface area contributed by atoms with Gasteiger partial charge >= 0.3 is 0 Å². The van der Waals surface area contributed by atoms with E-state index in [1.807, 2.05) is 30.3 Å². The molecule has 0 aromatic heterocycles. The lowest BCUT2D eigenvalue weighted by atomic mass is 9.98. The fourth-order valence-electron chi connectivity index (χ4n) is 2.16. The van der Waals surface area contributed by atoms with Crippen molar-refractivity contribution in [3.8, 4) is 0 Å². The first-order valence-corrected chi connectivity index (χ1v) is 7.23. The number of nitrogens with zero attached hydrogens (tertiary/aromatic N) is 1. The van der Waals surface area contributed by atoms with Crippen molar-refractivity contribution in [1.29, 1.82) is 0 Å². The van der Waals surface area contributed by atoms with Crippen LogP contribution in [-0.4, -0.2) is 36.6 Å². The number of hydrogen-bond acceptors (Lipinski definition) is 4. The molecule has 1 fully saturated rings. The van der Waals surface area contributed by atoms with Gasteiger partial charge in [-0.3, -0.25) is 4.79 Å². The molecule has 6 heteroatoms. The normalized spacial score (nSPS) is 16.5. The summed E-state index contributed by atoms with van der Waals surface area (Å²) in [6.45, 7) is 1.80. The van der Waals surface area contributed by atoms with Gasteiger partial charge in [0, 0.05) is 25.6 Å². The number of hydrogen-bond donors (Lipinski definition) is 4. The SMILES string of the molecule is N/C(=N/O)C(CNCCNC(=O)C1CC1)c1ccccc1. The largest absolute Gasteiger partial charge is 0.409 e. The zero-order chi connectivity index (χ0) is 15.1. The average molecular weight is 290 g/mol. The smallest absolute Gasteiger partial charge is 0.223 e. The highest BCUT2D eigenvalue weighted by Gasteiger charge is 2.28. The van der Waals surface area contributed by atoms with Crippen molar-refractivity contribution in [2.75, 3.05) is 19.6 Å². The molecule has 1 aromatic rings. The van der Waals surface area contributed by atoms with Crippen molar-refractivity contribution in [1.82, 2.24) is 10.6 Å². The maximum Gasteiger partial charge on any atom is 0.223 e. The molecule has 114 valence electrons. The van der Waals surface area contributed by atoms with Crippen LogP contribution in [0.5, 0.6) is 0 Å². The predicted molar refractivity (Wildman–Crippen MR) is 81.2 cm³/mol. The third-order valence-corrected chi connectivity index (χ3v) is 3.57. The molecule has 1 aliphatic carbocycles. The van der Waals surface area contributed by atoms with E-state index in [0.29, 0.717) is 19.6 Å². The van der Waals surface area contributed by atoms with Crippen LogP contribution in [-0.2, 0) is 4.79 Å². The van der Waals surface area contributed by atoms with Crippen molar-refractivity contribution in [3.63, 3.8) is 0 Å². The lowest BCUT2D eigenvalue weighted by molar-refractivity contribution is -0.122. The van der Waals surface area contributed by atoms with Crippen LogP contribution in [0.25, 0.3) is 0 Å². The van der Waals surface area contributed by atoms with Crippen LogP contribution in [0.3, 0.4) is 0 Å². The summed E-state index contributed by atoms with van der Waals surface area (Å²) < 4.78 is 0. The van der Waals surface area contributed by atoms with Crippen molar-refractivity contribution in [2.24, 2.45) is 16.8 Å². The van der Waals surface area contributed by atoms with E-state index in [-0.39, 0.29) is 23.6 Å². The van der Waals surface area contributed by atoms with Gasteiger partial charge in [-0.15, -0.1) is 0 Å². The molecule has 21 heavy (non-hydrogen) atoms. The molecule has 0 radical (unpaired) electrons. The van der Waals surface area contributed by atoms with Gasteiger partial charge in [0.1, 0.15) is 5.84 Å². The molecule has 1 aliphatic rings. The molecule has 0 bridgehead atoms. The number of amides is 1. The van der Waals surface area contributed by atoms with E-state index in [0.717, 1.165) is 18.4 Å². The van der Waals surface area contributed by atoms with Crippen molar-refractivity contribution >= 4 is 11.7 Å². The van der Waals surface area contributed by atoms with Crippen molar-refractivity contribution in [3.05, 3.63) is 35.9 Å². The summed E-state index contributed by atoms with van der Waals surface area (Å²) in [6, 6.07) is 9.65. The zero-order valence-electron chi connectivity index (χ0n) is 12.0. The molecule has 0 spiro atoms. The highest BCUT2D eigenvalue weighted by atomic mass is 16.4. The van der Waals surface area contributed by atoms with E-state index >= 15 is 0 Å². The zero-order valence-corrected chi connectivity index (χ0v) is 12.0. The third kappa shape index (κ3) is 4.75. The molecule has 2 rings (SSSR count). The predicted octanol–water partition coefficient (Wildman–Crippen LogP) is 0.632. The Bertz CT molecular complexity index is 486. The van der Waals surface area contributed by atoms with E-state index in [2.05, 4.69) is 15.8 Å². The Kier molecular flexibility index (Phi) is 5.57. The summed E-state index contributed by atoms with van der Waals surface area (Å²) in [4.78, 5) is 11.5. The molecule has 0 saturated heterocycles. The minimum absolute atomic E-state index is 0.146. The fraction of sp³-hybridized carbons (Fsp3) is 0.467. The van der Waals surface area contributed by atoms with Crippen LogP contribution in [0, 0.1) is 5.92 Å². The van der Waals surface area contributed by atoms with E-state index in [1.54, 1.807) is 0 Å². The first-order chi connectivity index (χ1) is 10.2. The molecular weight excluding hydrogens is 268 g/mol. The van der Waals surface area contributed by atoms with Gasteiger partial charge in [0.25, 0.3) is 0 Å². The quantitative estimate of drug-likeness (QED) is 0.185. The number of oxime groups is 1. The molecule has 5 N–H and O–H groups in total. The van der Waals surface area contributed by atoms with Gasteiger partial charge in [-0.2, -0.15) is 0 Å². The molecule has 1 saturated carbocycles. The van der Waals surface area contributed by atoms with Crippen LogP contribution in [0.2, 0.25) is 0 Å². The number of nitrogens with one attached hydrogen (secondary N) is 2. The van der Waals surface area contributed by atoms with Gasteiger partial charge in [0.15, 0.2) is 0 Å². The van der Waals surface area contributed by atoms with Gasteiger partial charge < -0.3 is 21.6 Å². The Morgan fingerprint density at radius 1 is 1.33 bits per heavy atom. The Morgan fingerprint density at radius 3 is 2.67 bits per heavy atom. The number of nitrogens with two attached hydrogens (primary N) is 1. The van der Waals surface area contributed by atoms with Gasteiger partial charge in [0.05, 0.1) is 5.92 Å². The van der Waals surface area contributed by atoms with Crippen molar-refractivity contribution < 1.29 is 10.0 Å². The second-order valence-corrected chi connectivity index (χ2v) is 5.26. The molecule has 1 atom stereocenters. The third-order valence-electron chi connectivity index (χ3n) is 3.57. The standard InChI is InChI=1S/C15H22N4O2/c16-14(19-21)13(11-4-2-1-3-5-11)10-17-8-9-18-15(20)12-6-7-12/h1-5,12-13,17,21H,6-10H2,(H2,16,19)(H,18,20). The van der Waals surface area contributed by atoms with E-state index < -0.39 is 0 Å². The molecule has 0 heterocycles. The molecular formula is C15H22N4O2. The van der Waals surface area contributed by atoms with E-state index in [9.17, 15) is 4.79 Å². The minimum Gasteiger partial charge on any atom is -0.409 e. The minimum atomic E-state index is -0.185. The average Bonchev–Trinajstić information content (AvgIpc) is 3.35. The number of carbonyl (C=O) groups excluding carboxylic acids is 1. The number of carbonyl (C=O) groups is 1. The Hall–Kier alpha value is -2.08. The summed E-state index contributed by atoms with van der Waals surface area (Å²) in [5.74, 6) is 0.373. The van der Waals surface area contributed by atoms with Gasteiger partial charge in [0.2, 0.25) is 5.91 Å². The Balaban J connectivity index is 1.75. The van der Waals surface area contributed by atoms with Crippen LogP contribution >= 0.6 is 0 Å². The highest BCUT2D eigenvalue weighted by molar-refractivity contribution is 5.87. The molecule has 1 unspecified atom stereocenters. The van der Waals surface area contributed by atoms with Crippen LogP contribution < -0.4 is 16.4 Å². The van der Waals surface area contributed by atoms with Gasteiger partial charge in [-0.25, -0.2) is 0 Å².